The van der Waals surface area contributed by atoms with Crippen LogP contribution in [-0.2, 0) is 0 Å². The molecule has 3 rings (SSSR count). The fourth-order valence-electron chi connectivity index (χ4n) is 1.87. The Kier molecular flexibility index (Phi) is 2.60. The van der Waals surface area contributed by atoms with Crippen LogP contribution in [0.5, 0.6) is 0 Å². The van der Waals surface area contributed by atoms with Crippen LogP contribution in [0.1, 0.15) is 10.5 Å². The molecule has 1 amide bonds. The van der Waals surface area contributed by atoms with Crippen molar-refractivity contribution in [3.8, 4) is 0 Å². The number of carbonyl (C=O) groups is 1. The summed E-state index contributed by atoms with van der Waals surface area (Å²) in [5, 5.41) is 11.0. The molecule has 4 N–H and O–H groups in total. The molecule has 0 aliphatic rings. The molecule has 0 radical (unpaired) electrons. The van der Waals surface area contributed by atoms with Gasteiger partial charge >= 0.3 is 0 Å². The number of nitrogen functional groups attached to an aromatic ring is 1. The molecule has 2 aromatic heterocycles. The fraction of sp³-hybridized carbons (Fsp3) is 0. The zero-order valence-electron chi connectivity index (χ0n) is 9.92. The zero-order valence-corrected chi connectivity index (χ0v) is 9.92. The van der Waals surface area contributed by atoms with E-state index >= 15 is 0 Å². The Morgan fingerprint density at radius 1 is 1.32 bits per heavy atom. The molecule has 0 aliphatic carbocycles. The number of carbonyl (C=O) groups excluding carboxylic acids is 1. The first-order valence-electron chi connectivity index (χ1n) is 5.69. The van der Waals surface area contributed by atoms with Crippen LogP contribution in [0, 0.1) is 0 Å². The first-order chi connectivity index (χ1) is 9.24. The minimum absolute atomic E-state index is 0.282. The summed E-state index contributed by atoms with van der Waals surface area (Å²) in [5.41, 5.74) is 6.48. The van der Waals surface area contributed by atoms with Gasteiger partial charge in [0.15, 0.2) is 0 Å². The predicted molar refractivity (Wildman–Crippen MR) is 72.7 cm³/mol. The second-order valence-electron chi connectivity index (χ2n) is 4.06. The number of nitrogens with two attached hydrogens (primary N) is 1. The van der Waals surface area contributed by atoms with Gasteiger partial charge < -0.3 is 11.1 Å². The highest BCUT2D eigenvalue weighted by Gasteiger charge is 2.10. The van der Waals surface area contributed by atoms with Gasteiger partial charge in [-0.2, -0.15) is 5.10 Å². The van der Waals surface area contributed by atoms with Crippen molar-refractivity contribution in [2.75, 3.05) is 11.1 Å². The number of nitrogens with zero attached hydrogens (tertiary/aromatic N) is 2. The molecule has 3 aromatic rings. The van der Waals surface area contributed by atoms with E-state index in [1.54, 1.807) is 12.4 Å². The van der Waals surface area contributed by atoms with Gasteiger partial charge in [0.2, 0.25) is 0 Å². The quantitative estimate of drug-likeness (QED) is 0.648. The molecule has 0 fully saturated rings. The van der Waals surface area contributed by atoms with Gasteiger partial charge in [0.1, 0.15) is 11.5 Å². The molecule has 19 heavy (non-hydrogen) atoms. The van der Waals surface area contributed by atoms with E-state index in [0.717, 1.165) is 10.8 Å². The van der Waals surface area contributed by atoms with Crippen LogP contribution in [0.15, 0.2) is 42.7 Å². The Morgan fingerprint density at radius 3 is 3.00 bits per heavy atom. The van der Waals surface area contributed by atoms with Crippen molar-refractivity contribution in [2.24, 2.45) is 0 Å². The third kappa shape index (κ3) is 2.11. The molecule has 6 heteroatoms. The molecular formula is C13H11N5O. The van der Waals surface area contributed by atoms with Crippen LogP contribution in [0.2, 0.25) is 0 Å². The molecule has 0 aliphatic heterocycles. The summed E-state index contributed by atoms with van der Waals surface area (Å²) >= 11 is 0. The summed E-state index contributed by atoms with van der Waals surface area (Å²) < 4.78 is 0. The van der Waals surface area contributed by atoms with Gasteiger partial charge in [0.05, 0.1) is 5.69 Å². The highest BCUT2D eigenvalue weighted by atomic mass is 16.1. The maximum absolute atomic E-state index is 12.0. The number of benzene rings is 1. The Hall–Kier alpha value is -2.89. The summed E-state index contributed by atoms with van der Waals surface area (Å²) in [5.74, 6) is -0.00899. The number of hydrogen-bond acceptors (Lipinski definition) is 4. The molecule has 1 aromatic carbocycles. The number of rotatable bonds is 2. The lowest BCUT2D eigenvalue weighted by atomic mass is 10.1. The van der Waals surface area contributed by atoms with Crippen molar-refractivity contribution in [1.29, 1.82) is 0 Å². The van der Waals surface area contributed by atoms with Crippen LogP contribution in [0.3, 0.4) is 0 Å². The molecule has 0 atom stereocenters. The fourth-order valence-corrected chi connectivity index (χ4v) is 1.87. The van der Waals surface area contributed by atoms with Gasteiger partial charge in [0.25, 0.3) is 5.91 Å². The van der Waals surface area contributed by atoms with Crippen LogP contribution < -0.4 is 11.1 Å². The molecule has 0 spiro atoms. The number of aromatic nitrogens is 3. The summed E-state index contributed by atoms with van der Waals surface area (Å²) in [6, 6.07) is 9.03. The smallest absolute Gasteiger partial charge is 0.273 e. The van der Waals surface area contributed by atoms with Crippen LogP contribution in [0.4, 0.5) is 11.5 Å². The van der Waals surface area contributed by atoms with Gasteiger partial charge in [-0.25, -0.2) is 0 Å². The van der Waals surface area contributed by atoms with Crippen molar-refractivity contribution >= 4 is 28.2 Å². The minimum Gasteiger partial charge on any atom is -0.382 e. The number of H-pyrrole nitrogens is 1. The van der Waals surface area contributed by atoms with E-state index in [0.29, 0.717) is 11.4 Å². The van der Waals surface area contributed by atoms with Gasteiger partial charge in [-0.15, -0.1) is 0 Å². The van der Waals surface area contributed by atoms with Crippen molar-refractivity contribution in [3.63, 3.8) is 0 Å². The average Bonchev–Trinajstić information content (AvgIpc) is 2.86. The Morgan fingerprint density at radius 2 is 2.21 bits per heavy atom. The zero-order chi connectivity index (χ0) is 13.2. The molecule has 94 valence electrons. The largest absolute Gasteiger partial charge is 0.382 e. The van der Waals surface area contributed by atoms with E-state index in [1.165, 1.54) is 6.07 Å². The van der Waals surface area contributed by atoms with Crippen LogP contribution >= 0.6 is 0 Å². The number of anilines is 2. The topological polar surface area (TPSA) is 96.7 Å². The van der Waals surface area contributed by atoms with E-state index in [9.17, 15) is 4.79 Å². The monoisotopic (exact) mass is 253 g/mol. The predicted octanol–water partition coefficient (Wildman–Crippen LogP) is 1.79. The number of nitrogens with one attached hydrogen (secondary N) is 2. The second kappa shape index (κ2) is 4.41. The number of pyridine rings is 1. The second-order valence-corrected chi connectivity index (χ2v) is 4.06. The third-order valence-corrected chi connectivity index (χ3v) is 2.77. The third-order valence-electron chi connectivity index (χ3n) is 2.77. The Bertz CT molecular complexity index is 744. The van der Waals surface area contributed by atoms with Gasteiger partial charge in [-0.1, -0.05) is 12.1 Å². The normalized spacial score (nSPS) is 10.5. The summed E-state index contributed by atoms with van der Waals surface area (Å²) in [6.45, 7) is 0. The van der Waals surface area contributed by atoms with E-state index < -0.39 is 0 Å². The average molecular weight is 253 g/mol. The lowest BCUT2D eigenvalue weighted by Crippen LogP contribution is -2.12. The molecule has 6 nitrogen and oxygen atoms in total. The maximum atomic E-state index is 12.0. The van der Waals surface area contributed by atoms with Crippen LogP contribution in [-0.4, -0.2) is 21.1 Å². The van der Waals surface area contributed by atoms with Gasteiger partial charge in [-0.3, -0.25) is 14.9 Å². The Labute approximate surface area is 108 Å². The van der Waals surface area contributed by atoms with Gasteiger partial charge in [0, 0.05) is 23.8 Å². The molecular weight excluding hydrogens is 242 g/mol. The van der Waals surface area contributed by atoms with E-state index in [2.05, 4.69) is 20.5 Å². The first-order valence-corrected chi connectivity index (χ1v) is 5.69. The van der Waals surface area contributed by atoms with Crippen molar-refractivity contribution in [3.05, 3.63) is 48.4 Å². The summed E-state index contributed by atoms with van der Waals surface area (Å²) in [6.07, 6.45) is 3.43. The number of amides is 1. The van der Waals surface area contributed by atoms with Crippen molar-refractivity contribution in [1.82, 2.24) is 15.2 Å². The highest BCUT2D eigenvalue weighted by molar-refractivity contribution is 6.08. The molecule has 2 heterocycles. The van der Waals surface area contributed by atoms with E-state index in [4.69, 9.17) is 5.73 Å². The summed E-state index contributed by atoms with van der Waals surface area (Å²) in [4.78, 5) is 16.1. The first kappa shape index (κ1) is 11.2. The van der Waals surface area contributed by atoms with E-state index in [1.807, 2.05) is 24.3 Å². The van der Waals surface area contributed by atoms with Crippen molar-refractivity contribution in [2.45, 2.75) is 0 Å². The lowest BCUT2D eigenvalue weighted by molar-refractivity contribution is 0.102. The molecule has 0 bridgehead atoms. The minimum atomic E-state index is -0.291. The molecule has 0 unspecified atom stereocenters. The SMILES string of the molecule is Nc1cc(C(=O)Nc2cccc3ccncc23)[nH]n1. The summed E-state index contributed by atoms with van der Waals surface area (Å²) in [7, 11) is 0. The lowest BCUT2D eigenvalue weighted by Gasteiger charge is -2.07. The Balaban J connectivity index is 1.95. The van der Waals surface area contributed by atoms with Gasteiger partial charge in [-0.05, 0) is 17.5 Å². The standard InChI is InChI=1S/C13H11N5O/c14-12-6-11(17-18-12)13(19)16-10-3-1-2-8-4-5-15-7-9(8)10/h1-7H,(H,16,19)(H3,14,17,18). The molecule has 0 saturated heterocycles. The number of hydrogen-bond donors (Lipinski definition) is 3. The number of aromatic amines is 1. The maximum Gasteiger partial charge on any atom is 0.273 e. The highest BCUT2D eigenvalue weighted by Crippen LogP contribution is 2.22. The number of fused-ring (bicyclic) bond motifs is 1. The van der Waals surface area contributed by atoms with E-state index in [-0.39, 0.29) is 11.7 Å². The van der Waals surface area contributed by atoms with Crippen molar-refractivity contribution < 1.29 is 4.79 Å². The molecule has 0 saturated carbocycles. The van der Waals surface area contributed by atoms with Crippen LogP contribution in [0.25, 0.3) is 10.8 Å².